The van der Waals surface area contributed by atoms with E-state index in [-0.39, 0.29) is 0 Å². The van der Waals surface area contributed by atoms with Gasteiger partial charge in [0.1, 0.15) is 0 Å². The summed E-state index contributed by atoms with van der Waals surface area (Å²) in [7, 11) is 1.93. The molecule has 0 aliphatic rings. The second-order valence-electron chi connectivity index (χ2n) is 3.66. The van der Waals surface area contributed by atoms with Crippen LogP contribution >= 0.6 is 23.1 Å². The van der Waals surface area contributed by atoms with Crippen LogP contribution in [0.15, 0.2) is 28.7 Å². The minimum Gasteiger partial charge on any atom is -0.329 e. The van der Waals surface area contributed by atoms with Crippen LogP contribution in [0.2, 0.25) is 0 Å². The molecular formula is C11H15N3S2. The molecule has 0 saturated carbocycles. The molecule has 16 heavy (non-hydrogen) atoms. The molecule has 2 heterocycles. The van der Waals surface area contributed by atoms with Crippen molar-refractivity contribution in [3.63, 3.8) is 0 Å². The van der Waals surface area contributed by atoms with Gasteiger partial charge in [0.15, 0.2) is 0 Å². The largest absolute Gasteiger partial charge is 0.329 e. The van der Waals surface area contributed by atoms with E-state index in [0.717, 1.165) is 0 Å². The lowest BCUT2D eigenvalue weighted by Gasteiger charge is -2.12. The van der Waals surface area contributed by atoms with Crippen molar-refractivity contribution in [2.75, 3.05) is 6.54 Å². The van der Waals surface area contributed by atoms with E-state index in [1.54, 1.807) is 23.1 Å². The second-order valence-corrected chi connectivity index (χ2v) is 5.88. The molecule has 0 radical (unpaired) electrons. The topological polar surface area (TPSA) is 43.8 Å². The van der Waals surface area contributed by atoms with E-state index in [0.29, 0.717) is 11.8 Å². The van der Waals surface area contributed by atoms with E-state index in [2.05, 4.69) is 23.5 Å². The van der Waals surface area contributed by atoms with Crippen molar-refractivity contribution in [1.82, 2.24) is 9.78 Å². The van der Waals surface area contributed by atoms with Crippen LogP contribution in [0, 0.1) is 6.92 Å². The molecule has 0 aliphatic heterocycles. The summed E-state index contributed by atoms with van der Waals surface area (Å²) in [5.41, 5.74) is 7.18. The Morgan fingerprint density at radius 3 is 2.94 bits per heavy atom. The molecule has 0 fully saturated rings. The van der Waals surface area contributed by atoms with Crippen LogP contribution in [0.4, 0.5) is 0 Å². The predicted octanol–water partition coefficient (Wildman–Crippen LogP) is 2.58. The van der Waals surface area contributed by atoms with Gasteiger partial charge in [-0.1, -0.05) is 0 Å². The zero-order valence-corrected chi connectivity index (χ0v) is 11.0. The number of hydrogen-bond donors (Lipinski definition) is 1. The lowest BCUT2D eigenvalue weighted by Crippen LogP contribution is -2.08. The summed E-state index contributed by atoms with van der Waals surface area (Å²) in [6, 6.07) is 2.15. The third-order valence-electron chi connectivity index (χ3n) is 2.37. The van der Waals surface area contributed by atoms with Crippen LogP contribution in [0.5, 0.6) is 0 Å². The maximum Gasteiger partial charge on any atom is 0.0626 e. The molecule has 0 spiro atoms. The fraction of sp³-hybridized carbons (Fsp3) is 0.364. The highest BCUT2D eigenvalue weighted by molar-refractivity contribution is 7.99. The number of aryl methyl sites for hydroxylation is 2. The normalized spacial score (nSPS) is 12.9. The van der Waals surface area contributed by atoms with Crippen molar-refractivity contribution in [2.24, 2.45) is 12.8 Å². The van der Waals surface area contributed by atoms with E-state index < -0.39 is 0 Å². The van der Waals surface area contributed by atoms with Gasteiger partial charge in [-0.25, -0.2) is 0 Å². The van der Waals surface area contributed by atoms with Gasteiger partial charge in [-0.15, -0.1) is 23.1 Å². The highest BCUT2D eigenvalue weighted by atomic mass is 32.2. The summed E-state index contributed by atoms with van der Waals surface area (Å²) in [5, 5.41) is 6.63. The number of hydrogen-bond acceptors (Lipinski definition) is 4. The quantitative estimate of drug-likeness (QED) is 0.852. The summed E-state index contributed by atoms with van der Waals surface area (Å²) in [6.07, 6.45) is 3.91. The van der Waals surface area contributed by atoms with Crippen LogP contribution in [0.3, 0.4) is 0 Å². The monoisotopic (exact) mass is 253 g/mol. The van der Waals surface area contributed by atoms with E-state index >= 15 is 0 Å². The molecule has 0 saturated heterocycles. The zero-order valence-electron chi connectivity index (χ0n) is 9.38. The van der Waals surface area contributed by atoms with Gasteiger partial charge in [0.05, 0.1) is 11.4 Å². The number of rotatable bonds is 4. The Hall–Kier alpha value is -0.780. The second kappa shape index (κ2) is 5.03. The Kier molecular flexibility index (Phi) is 3.68. The SMILES string of the molecule is Cc1ccsc1C(CN)Sc1cnn(C)c1. The maximum absolute atomic E-state index is 5.85. The Balaban J connectivity index is 2.15. The summed E-state index contributed by atoms with van der Waals surface area (Å²) in [5.74, 6) is 0. The summed E-state index contributed by atoms with van der Waals surface area (Å²) >= 11 is 3.56. The minimum atomic E-state index is 0.337. The molecule has 0 aromatic carbocycles. The molecule has 2 aromatic rings. The predicted molar refractivity (Wildman–Crippen MR) is 69.9 cm³/mol. The molecule has 1 unspecified atom stereocenters. The maximum atomic E-state index is 5.85. The van der Waals surface area contributed by atoms with Crippen LogP contribution in [-0.4, -0.2) is 16.3 Å². The Labute approximate surface area is 104 Å². The summed E-state index contributed by atoms with van der Waals surface area (Å²) in [6.45, 7) is 2.79. The van der Waals surface area contributed by atoms with Gasteiger partial charge < -0.3 is 5.73 Å². The summed E-state index contributed by atoms with van der Waals surface area (Å²) < 4.78 is 1.82. The van der Waals surface area contributed by atoms with Crippen LogP contribution < -0.4 is 5.73 Å². The lowest BCUT2D eigenvalue weighted by molar-refractivity contribution is 0.766. The molecule has 0 aliphatic carbocycles. The van der Waals surface area contributed by atoms with Crippen molar-refractivity contribution in [1.29, 1.82) is 0 Å². The first-order chi connectivity index (χ1) is 7.70. The van der Waals surface area contributed by atoms with Gasteiger partial charge in [-0.2, -0.15) is 5.10 Å². The van der Waals surface area contributed by atoms with E-state index in [1.807, 2.05) is 24.1 Å². The van der Waals surface area contributed by atoms with Gasteiger partial charge in [-0.05, 0) is 23.9 Å². The number of nitrogens with zero attached hydrogens (tertiary/aromatic N) is 2. The van der Waals surface area contributed by atoms with E-state index in [1.165, 1.54) is 15.3 Å². The van der Waals surface area contributed by atoms with Gasteiger partial charge in [0.25, 0.3) is 0 Å². The van der Waals surface area contributed by atoms with Crippen molar-refractivity contribution in [2.45, 2.75) is 17.1 Å². The van der Waals surface area contributed by atoms with Gasteiger partial charge in [0.2, 0.25) is 0 Å². The molecule has 5 heteroatoms. The van der Waals surface area contributed by atoms with Crippen LogP contribution in [0.1, 0.15) is 15.7 Å². The molecule has 2 rings (SSSR count). The molecule has 86 valence electrons. The Morgan fingerprint density at radius 1 is 1.62 bits per heavy atom. The molecule has 2 N–H and O–H groups in total. The van der Waals surface area contributed by atoms with Crippen molar-refractivity contribution < 1.29 is 0 Å². The Bertz CT molecular complexity index is 461. The highest BCUT2D eigenvalue weighted by Gasteiger charge is 2.15. The van der Waals surface area contributed by atoms with Gasteiger partial charge in [-0.3, -0.25) is 4.68 Å². The summed E-state index contributed by atoms with van der Waals surface area (Å²) in [4.78, 5) is 2.54. The lowest BCUT2D eigenvalue weighted by atomic mass is 10.2. The van der Waals surface area contributed by atoms with Gasteiger partial charge in [0, 0.05) is 29.6 Å². The van der Waals surface area contributed by atoms with E-state index in [9.17, 15) is 0 Å². The average Bonchev–Trinajstić information content (AvgIpc) is 2.84. The molecule has 2 aromatic heterocycles. The first kappa shape index (κ1) is 11.7. The van der Waals surface area contributed by atoms with Crippen LogP contribution in [-0.2, 0) is 7.05 Å². The molecule has 0 amide bonds. The highest BCUT2D eigenvalue weighted by Crippen LogP contribution is 2.38. The van der Waals surface area contributed by atoms with Crippen LogP contribution in [0.25, 0.3) is 0 Å². The first-order valence-corrected chi connectivity index (χ1v) is 6.86. The third-order valence-corrected chi connectivity index (χ3v) is 4.85. The number of thiophene rings is 1. The molecular weight excluding hydrogens is 238 g/mol. The molecule has 0 bridgehead atoms. The Morgan fingerprint density at radius 2 is 2.44 bits per heavy atom. The fourth-order valence-corrected chi connectivity index (χ4v) is 3.82. The fourth-order valence-electron chi connectivity index (χ4n) is 1.55. The average molecular weight is 253 g/mol. The number of aromatic nitrogens is 2. The standard InChI is InChI=1S/C11H15N3S2/c1-8-3-4-15-11(8)10(5-12)16-9-6-13-14(2)7-9/h3-4,6-7,10H,5,12H2,1-2H3. The van der Waals surface area contributed by atoms with Gasteiger partial charge >= 0.3 is 0 Å². The zero-order chi connectivity index (χ0) is 11.5. The smallest absolute Gasteiger partial charge is 0.0626 e. The van der Waals surface area contributed by atoms with E-state index in [4.69, 9.17) is 5.73 Å². The first-order valence-electron chi connectivity index (χ1n) is 5.10. The van der Waals surface area contributed by atoms with Crippen molar-refractivity contribution >= 4 is 23.1 Å². The number of nitrogens with two attached hydrogens (primary N) is 1. The van der Waals surface area contributed by atoms with Crippen molar-refractivity contribution in [3.05, 3.63) is 34.3 Å². The van der Waals surface area contributed by atoms with Crippen molar-refractivity contribution in [3.8, 4) is 0 Å². The third kappa shape index (κ3) is 2.48. The molecule has 3 nitrogen and oxygen atoms in total. The molecule has 1 atom stereocenters. The number of thioether (sulfide) groups is 1. The minimum absolute atomic E-state index is 0.337.